The minimum atomic E-state index is -0.932. The number of aromatic nitrogens is 1. The Morgan fingerprint density at radius 1 is 1.57 bits per heavy atom. The molecule has 0 spiro atoms. The van der Waals surface area contributed by atoms with Gasteiger partial charge in [0.2, 0.25) is 5.56 Å². The van der Waals surface area contributed by atoms with Gasteiger partial charge in [-0.25, -0.2) is 0 Å². The number of carbonyl (C=O) groups is 1. The Kier molecular flexibility index (Phi) is 2.91. The molecule has 0 saturated heterocycles. The Morgan fingerprint density at radius 2 is 2.21 bits per heavy atom. The van der Waals surface area contributed by atoms with Crippen LogP contribution in [0.4, 0.5) is 5.69 Å². The normalized spacial score (nSPS) is 12.1. The maximum Gasteiger partial charge on any atom is 0.325 e. The number of nitrogens with one attached hydrogen (secondary N) is 1. The topological polar surface area (TPSA) is 71.3 Å². The molecule has 1 aromatic heterocycles. The molecule has 0 fully saturated rings. The number of carboxylic acid groups (broad SMARTS) is 1. The van der Waals surface area contributed by atoms with Crippen molar-refractivity contribution in [3.63, 3.8) is 0 Å². The number of carboxylic acids is 1. The summed E-state index contributed by atoms with van der Waals surface area (Å²) in [6, 6.07) is 2.27. The number of hydrogen-bond acceptors (Lipinski definition) is 3. The fourth-order valence-electron chi connectivity index (χ4n) is 0.991. The molecule has 1 aromatic rings. The second-order valence-electron chi connectivity index (χ2n) is 3.07. The van der Waals surface area contributed by atoms with E-state index in [0.29, 0.717) is 5.69 Å². The smallest absolute Gasteiger partial charge is 0.325 e. The molecular formula is C9H12N2O3. The predicted octanol–water partition coefficient (Wildman–Crippen LogP) is 0.270. The number of aryl methyl sites for hydroxylation is 1. The van der Waals surface area contributed by atoms with Gasteiger partial charge < -0.3 is 15.0 Å². The third-order valence-corrected chi connectivity index (χ3v) is 1.84. The molecule has 5 heteroatoms. The number of nitrogens with zero attached hydrogens (tertiary/aromatic N) is 1. The van der Waals surface area contributed by atoms with Crippen LogP contribution in [0.25, 0.3) is 0 Å². The second kappa shape index (κ2) is 3.95. The summed E-state index contributed by atoms with van der Waals surface area (Å²) in [7, 11) is 1.61. The van der Waals surface area contributed by atoms with Crippen LogP contribution in [-0.2, 0) is 11.8 Å². The first-order chi connectivity index (χ1) is 6.50. The molecule has 1 heterocycles. The van der Waals surface area contributed by atoms with Gasteiger partial charge in [0.15, 0.2) is 0 Å². The summed E-state index contributed by atoms with van der Waals surface area (Å²) < 4.78 is 1.39. The molecule has 0 bridgehead atoms. The first-order valence-electron chi connectivity index (χ1n) is 4.16. The molecule has 1 unspecified atom stereocenters. The Hall–Kier alpha value is -1.78. The number of aliphatic carboxylic acids is 1. The lowest BCUT2D eigenvalue weighted by Gasteiger charge is -2.10. The Balaban J connectivity index is 2.83. The monoisotopic (exact) mass is 196 g/mol. The predicted molar refractivity (Wildman–Crippen MR) is 52.4 cm³/mol. The van der Waals surface area contributed by atoms with Crippen molar-refractivity contribution < 1.29 is 9.90 Å². The highest BCUT2D eigenvalue weighted by molar-refractivity contribution is 5.76. The fraction of sp³-hybridized carbons (Fsp3) is 0.333. The first kappa shape index (κ1) is 10.3. The van der Waals surface area contributed by atoms with Crippen LogP contribution in [0.5, 0.6) is 0 Å². The van der Waals surface area contributed by atoms with Gasteiger partial charge in [-0.3, -0.25) is 9.59 Å². The van der Waals surface area contributed by atoms with E-state index in [1.807, 2.05) is 0 Å². The van der Waals surface area contributed by atoms with Crippen molar-refractivity contribution in [2.75, 3.05) is 5.32 Å². The zero-order valence-electron chi connectivity index (χ0n) is 8.02. The van der Waals surface area contributed by atoms with Crippen LogP contribution >= 0.6 is 0 Å². The minimum Gasteiger partial charge on any atom is -0.480 e. The lowest BCUT2D eigenvalue weighted by Crippen LogP contribution is -2.26. The summed E-state index contributed by atoms with van der Waals surface area (Å²) in [6.07, 6.45) is 1.56. The third kappa shape index (κ3) is 2.35. The largest absolute Gasteiger partial charge is 0.480 e. The average Bonchev–Trinajstić information content (AvgIpc) is 2.11. The molecular weight excluding hydrogens is 184 g/mol. The molecule has 0 aliphatic rings. The molecule has 0 amide bonds. The van der Waals surface area contributed by atoms with E-state index in [-0.39, 0.29) is 5.56 Å². The molecule has 0 aliphatic heterocycles. The highest BCUT2D eigenvalue weighted by Crippen LogP contribution is 2.04. The Morgan fingerprint density at radius 3 is 2.71 bits per heavy atom. The van der Waals surface area contributed by atoms with Gasteiger partial charge in [0.25, 0.3) is 0 Å². The molecule has 0 aliphatic carbocycles. The van der Waals surface area contributed by atoms with Crippen molar-refractivity contribution in [2.45, 2.75) is 13.0 Å². The van der Waals surface area contributed by atoms with Gasteiger partial charge in [-0.2, -0.15) is 0 Å². The van der Waals surface area contributed by atoms with Gasteiger partial charge in [-0.15, -0.1) is 0 Å². The maximum atomic E-state index is 11.0. The van der Waals surface area contributed by atoms with E-state index < -0.39 is 12.0 Å². The van der Waals surface area contributed by atoms with Crippen molar-refractivity contribution in [3.05, 3.63) is 28.7 Å². The molecule has 0 saturated carbocycles. The van der Waals surface area contributed by atoms with Crippen molar-refractivity contribution in [2.24, 2.45) is 7.05 Å². The maximum absolute atomic E-state index is 11.0. The van der Waals surface area contributed by atoms with Crippen LogP contribution in [0, 0.1) is 0 Å². The van der Waals surface area contributed by atoms with E-state index in [1.54, 1.807) is 19.3 Å². The Labute approximate surface area is 81.0 Å². The zero-order valence-corrected chi connectivity index (χ0v) is 8.02. The van der Waals surface area contributed by atoms with E-state index in [1.165, 1.54) is 17.6 Å². The van der Waals surface area contributed by atoms with Crippen LogP contribution in [0.15, 0.2) is 23.1 Å². The highest BCUT2D eigenvalue weighted by atomic mass is 16.4. The lowest BCUT2D eigenvalue weighted by molar-refractivity contribution is -0.137. The average molecular weight is 196 g/mol. The fourth-order valence-corrected chi connectivity index (χ4v) is 0.991. The van der Waals surface area contributed by atoms with Gasteiger partial charge in [0.1, 0.15) is 6.04 Å². The summed E-state index contributed by atoms with van der Waals surface area (Å²) in [6.45, 7) is 1.54. The van der Waals surface area contributed by atoms with Crippen molar-refractivity contribution in [1.29, 1.82) is 0 Å². The van der Waals surface area contributed by atoms with E-state index in [4.69, 9.17) is 5.11 Å². The van der Waals surface area contributed by atoms with Gasteiger partial charge in [0, 0.05) is 19.3 Å². The molecule has 14 heavy (non-hydrogen) atoms. The Bertz CT molecular complexity index is 397. The summed E-state index contributed by atoms with van der Waals surface area (Å²) in [4.78, 5) is 21.5. The minimum absolute atomic E-state index is 0.126. The second-order valence-corrected chi connectivity index (χ2v) is 3.07. The third-order valence-electron chi connectivity index (χ3n) is 1.84. The molecule has 1 atom stereocenters. The van der Waals surface area contributed by atoms with E-state index in [2.05, 4.69) is 5.32 Å². The highest BCUT2D eigenvalue weighted by Gasteiger charge is 2.09. The quantitative estimate of drug-likeness (QED) is 0.728. The van der Waals surface area contributed by atoms with Gasteiger partial charge >= 0.3 is 5.97 Å². The van der Waals surface area contributed by atoms with E-state index in [9.17, 15) is 9.59 Å². The number of pyridine rings is 1. The first-order valence-corrected chi connectivity index (χ1v) is 4.16. The number of anilines is 1. The molecule has 76 valence electrons. The summed E-state index contributed by atoms with van der Waals surface area (Å²) >= 11 is 0. The van der Waals surface area contributed by atoms with Crippen LogP contribution in [0.2, 0.25) is 0 Å². The molecule has 5 nitrogen and oxygen atoms in total. The summed E-state index contributed by atoms with van der Waals surface area (Å²) in [5, 5.41) is 11.4. The van der Waals surface area contributed by atoms with Crippen LogP contribution in [0.1, 0.15) is 6.92 Å². The van der Waals surface area contributed by atoms with Gasteiger partial charge in [-0.1, -0.05) is 0 Å². The van der Waals surface area contributed by atoms with Crippen molar-refractivity contribution in [3.8, 4) is 0 Å². The number of hydrogen-bond donors (Lipinski definition) is 2. The van der Waals surface area contributed by atoms with Crippen molar-refractivity contribution in [1.82, 2.24) is 4.57 Å². The standard InChI is InChI=1S/C9H12N2O3/c1-6(9(13)14)10-7-3-4-8(12)11(2)5-7/h3-6,10H,1-2H3,(H,13,14). The number of rotatable bonds is 3. The van der Waals surface area contributed by atoms with Crippen LogP contribution < -0.4 is 10.9 Å². The summed E-state index contributed by atoms with van der Waals surface area (Å²) in [5.74, 6) is -0.932. The molecule has 0 radical (unpaired) electrons. The van der Waals surface area contributed by atoms with E-state index >= 15 is 0 Å². The van der Waals surface area contributed by atoms with Gasteiger partial charge in [-0.05, 0) is 13.0 Å². The van der Waals surface area contributed by atoms with Crippen molar-refractivity contribution >= 4 is 11.7 Å². The zero-order chi connectivity index (χ0) is 10.7. The SMILES string of the molecule is CC(Nc1ccc(=O)n(C)c1)C(=O)O. The molecule has 2 N–H and O–H groups in total. The summed E-state index contributed by atoms with van der Waals surface area (Å²) in [5.41, 5.74) is 0.487. The van der Waals surface area contributed by atoms with E-state index in [0.717, 1.165) is 0 Å². The lowest BCUT2D eigenvalue weighted by atomic mass is 10.3. The molecule has 1 rings (SSSR count). The van der Waals surface area contributed by atoms with Crippen LogP contribution in [-0.4, -0.2) is 21.7 Å². The molecule has 0 aromatic carbocycles. The van der Waals surface area contributed by atoms with Crippen LogP contribution in [0.3, 0.4) is 0 Å². The van der Waals surface area contributed by atoms with Gasteiger partial charge in [0.05, 0.1) is 5.69 Å².